The summed E-state index contributed by atoms with van der Waals surface area (Å²) in [5.41, 5.74) is -0.735. The second kappa shape index (κ2) is 6.90. The van der Waals surface area contributed by atoms with Gasteiger partial charge in [-0.3, -0.25) is 9.69 Å². The molecular weight excluding hydrogens is 262 g/mol. The summed E-state index contributed by atoms with van der Waals surface area (Å²) in [7, 11) is 0. The molecule has 0 saturated carbocycles. The second-order valence-corrected chi connectivity index (χ2v) is 6.00. The van der Waals surface area contributed by atoms with E-state index in [1.54, 1.807) is 25.7 Å². The van der Waals surface area contributed by atoms with E-state index in [4.69, 9.17) is 5.11 Å². The van der Waals surface area contributed by atoms with Gasteiger partial charge < -0.3 is 20.4 Å². The first-order valence-corrected chi connectivity index (χ1v) is 6.89. The van der Waals surface area contributed by atoms with Gasteiger partial charge in [-0.15, -0.1) is 0 Å². The standard InChI is InChI=1S/C13H25N3O4/c1-10(11(17)18)8-14-12(19)16-6-4-15(5-7-16)9-13(2,3)20/h10,20H,4-9H2,1-3H3,(H,14,19)(H,17,18). The molecule has 20 heavy (non-hydrogen) atoms. The molecule has 1 atom stereocenters. The van der Waals surface area contributed by atoms with E-state index in [-0.39, 0.29) is 12.6 Å². The summed E-state index contributed by atoms with van der Waals surface area (Å²) in [4.78, 5) is 26.3. The molecule has 1 unspecified atom stereocenters. The minimum atomic E-state index is -0.916. The number of aliphatic carboxylic acids is 1. The van der Waals surface area contributed by atoms with Gasteiger partial charge in [0.15, 0.2) is 0 Å². The molecule has 0 spiro atoms. The largest absolute Gasteiger partial charge is 0.481 e. The zero-order valence-corrected chi connectivity index (χ0v) is 12.4. The number of urea groups is 1. The van der Waals surface area contributed by atoms with Gasteiger partial charge >= 0.3 is 12.0 Å². The molecule has 1 aliphatic heterocycles. The van der Waals surface area contributed by atoms with Crippen LogP contribution < -0.4 is 5.32 Å². The number of carboxylic acids is 1. The summed E-state index contributed by atoms with van der Waals surface area (Å²) in [5, 5.41) is 21.1. The number of β-amino-alcohol motifs (C(OH)–C–C–N with tert-alkyl or cyclic N) is 1. The van der Waals surface area contributed by atoms with Crippen LogP contribution in [0.1, 0.15) is 20.8 Å². The van der Waals surface area contributed by atoms with Gasteiger partial charge in [0.25, 0.3) is 0 Å². The molecule has 7 heteroatoms. The highest BCUT2D eigenvalue weighted by atomic mass is 16.4. The van der Waals surface area contributed by atoms with Crippen LogP contribution in [0.4, 0.5) is 4.79 Å². The third-order valence-electron chi connectivity index (χ3n) is 3.25. The minimum Gasteiger partial charge on any atom is -0.481 e. The van der Waals surface area contributed by atoms with E-state index >= 15 is 0 Å². The highest BCUT2D eigenvalue weighted by Crippen LogP contribution is 2.08. The fraction of sp³-hybridized carbons (Fsp3) is 0.846. The highest BCUT2D eigenvalue weighted by Gasteiger charge is 2.25. The number of hydrogen-bond donors (Lipinski definition) is 3. The molecule has 1 aliphatic rings. The predicted octanol–water partition coefficient (Wildman–Crippen LogP) is -0.195. The molecule has 1 saturated heterocycles. The molecule has 3 N–H and O–H groups in total. The number of aliphatic hydroxyl groups is 1. The van der Waals surface area contributed by atoms with E-state index in [0.717, 1.165) is 0 Å². The molecule has 116 valence electrons. The van der Waals surface area contributed by atoms with Crippen molar-refractivity contribution in [2.45, 2.75) is 26.4 Å². The van der Waals surface area contributed by atoms with Gasteiger partial charge in [0.05, 0.1) is 11.5 Å². The Morgan fingerprint density at radius 1 is 1.25 bits per heavy atom. The fourth-order valence-electron chi connectivity index (χ4n) is 2.10. The Hall–Kier alpha value is -1.34. The predicted molar refractivity (Wildman–Crippen MR) is 74.5 cm³/mol. The van der Waals surface area contributed by atoms with Gasteiger partial charge in [0.2, 0.25) is 0 Å². The first kappa shape index (κ1) is 16.7. The van der Waals surface area contributed by atoms with Crippen LogP contribution in [-0.4, -0.2) is 76.9 Å². The SMILES string of the molecule is CC(CNC(=O)N1CCN(CC(C)(C)O)CC1)C(=O)O. The maximum atomic E-state index is 11.9. The van der Waals surface area contributed by atoms with Crippen molar-refractivity contribution in [3.05, 3.63) is 0 Å². The van der Waals surface area contributed by atoms with Crippen molar-refractivity contribution >= 4 is 12.0 Å². The smallest absolute Gasteiger partial charge is 0.317 e. The average molecular weight is 287 g/mol. The topological polar surface area (TPSA) is 93.1 Å². The Morgan fingerprint density at radius 2 is 1.80 bits per heavy atom. The summed E-state index contributed by atoms with van der Waals surface area (Å²) < 4.78 is 0. The van der Waals surface area contributed by atoms with Crippen molar-refractivity contribution in [2.75, 3.05) is 39.3 Å². The molecule has 2 amide bonds. The van der Waals surface area contributed by atoms with Crippen molar-refractivity contribution < 1.29 is 19.8 Å². The van der Waals surface area contributed by atoms with Crippen LogP contribution in [0.25, 0.3) is 0 Å². The fourth-order valence-corrected chi connectivity index (χ4v) is 2.10. The Bertz CT molecular complexity index is 346. The molecule has 1 rings (SSSR count). The van der Waals surface area contributed by atoms with Gasteiger partial charge in [-0.05, 0) is 13.8 Å². The summed E-state index contributed by atoms with van der Waals surface area (Å²) >= 11 is 0. The van der Waals surface area contributed by atoms with Crippen LogP contribution >= 0.6 is 0 Å². The normalized spacial score (nSPS) is 18.7. The van der Waals surface area contributed by atoms with Crippen LogP contribution in [-0.2, 0) is 4.79 Å². The lowest BCUT2D eigenvalue weighted by atomic mass is 10.1. The van der Waals surface area contributed by atoms with Crippen molar-refractivity contribution in [3.63, 3.8) is 0 Å². The minimum absolute atomic E-state index is 0.137. The molecule has 1 heterocycles. The van der Waals surface area contributed by atoms with Crippen molar-refractivity contribution in [3.8, 4) is 0 Å². The lowest BCUT2D eigenvalue weighted by Gasteiger charge is -2.37. The molecule has 0 bridgehead atoms. The van der Waals surface area contributed by atoms with E-state index in [1.807, 2.05) is 0 Å². The average Bonchev–Trinajstić information content (AvgIpc) is 2.34. The quantitative estimate of drug-likeness (QED) is 0.651. The van der Waals surface area contributed by atoms with E-state index < -0.39 is 17.5 Å². The zero-order valence-electron chi connectivity index (χ0n) is 12.4. The number of piperazine rings is 1. The lowest BCUT2D eigenvalue weighted by Crippen LogP contribution is -2.54. The zero-order chi connectivity index (χ0) is 15.3. The maximum absolute atomic E-state index is 11.9. The summed E-state index contributed by atoms with van der Waals surface area (Å²) in [6.45, 7) is 8.41. The number of carbonyl (C=O) groups is 2. The number of nitrogens with zero attached hydrogens (tertiary/aromatic N) is 2. The summed E-state index contributed by atoms with van der Waals surface area (Å²) in [5.74, 6) is -1.50. The van der Waals surface area contributed by atoms with Gasteiger partial charge in [0.1, 0.15) is 0 Å². The summed E-state index contributed by atoms with van der Waals surface area (Å²) in [6, 6.07) is -0.221. The van der Waals surface area contributed by atoms with E-state index in [0.29, 0.717) is 32.7 Å². The van der Waals surface area contributed by atoms with Gasteiger partial charge in [-0.25, -0.2) is 4.79 Å². The van der Waals surface area contributed by atoms with Crippen LogP contribution in [0.3, 0.4) is 0 Å². The Kier molecular flexibility index (Phi) is 5.76. The Balaban J connectivity index is 2.30. The number of nitrogens with one attached hydrogen (secondary N) is 1. The first-order valence-electron chi connectivity index (χ1n) is 6.89. The monoisotopic (exact) mass is 287 g/mol. The molecule has 0 aromatic rings. The third kappa shape index (κ3) is 5.75. The van der Waals surface area contributed by atoms with Gasteiger partial charge in [-0.2, -0.15) is 0 Å². The number of carboxylic acid groups (broad SMARTS) is 1. The van der Waals surface area contributed by atoms with Crippen LogP contribution in [0.5, 0.6) is 0 Å². The van der Waals surface area contributed by atoms with Crippen LogP contribution in [0, 0.1) is 5.92 Å². The van der Waals surface area contributed by atoms with Crippen molar-refractivity contribution in [1.82, 2.24) is 15.1 Å². The highest BCUT2D eigenvalue weighted by molar-refractivity contribution is 5.76. The molecule has 7 nitrogen and oxygen atoms in total. The van der Waals surface area contributed by atoms with E-state index in [9.17, 15) is 14.7 Å². The molecule has 0 radical (unpaired) electrons. The van der Waals surface area contributed by atoms with E-state index in [1.165, 1.54) is 0 Å². The summed E-state index contributed by atoms with van der Waals surface area (Å²) in [6.07, 6.45) is 0. The van der Waals surface area contributed by atoms with Gasteiger partial charge in [-0.1, -0.05) is 6.92 Å². The molecule has 1 fully saturated rings. The second-order valence-electron chi connectivity index (χ2n) is 6.00. The lowest BCUT2D eigenvalue weighted by molar-refractivity contribution is -0.140. The number of carbonyl (C=O) groups excluding carboxylic acids is 1. The maximum Gasteiger partial charge on any atom is 0.317 e. The molecule has 0 aliphatic carbocycles. The number of rotatable bonds is 5. The Morgan fingerprint density at radius 3 is 2.25 bits per heavy atom. The molecule has 0 aromatic heterocycles. The number of hydrogen-bond acceptors (Lipinski definition) is 4. The number of amides is 2. The third-order valence-corrected chi connectivity index (χ3v) is 3.25. The Labute approximate surface area is 119 Å². The first-order chi connectivity index (χ1) is 9.19. The van der Waals surface area contributed by atoms with Crippen molar-refractivity contribution in [2.24, 2.45) is 5.92 Å². The van der Waals surface area contributed by atoms with Crippen molar-refractivity contribution in [1.29, 1.82) is 0 Å². The van der Waals surface area contributed by atoms with E-state index in [2.05, 4.69) is 10.2 Å². The molecular formula is C13H25N3O4. The van der Waals surface area contributed by atoms with Crippen LogP contribution in [0.2, 0.25) is 0 Å². The van der Waals surface area contributed by atoms with Gasteiger partial charge in [0, 0.05) is 39.3 Å². The molecule has 0 aromatic carbocycles. The van der Waals surface area contributed by atoms with Crippen LogP contribution in [0.15, 0.2) is 0 Å².